The fourth-order valence-corrected chi connectivity index (χ4v) is 3.09. The van der Waals surface area contributed by atoms with Crippen LogP contribution < -0.4 is 10.1 Å². The van der Waals surface area contributed by atoms with Crippen molar-refractivity contribution in [1.82, 2.24) is 14.8 Å². The summed E-state index contributed by atoms with van der Waals surface area (Å²) < 4.78 is 7.10. The summed E-state index contributed by atoms with van der Waals surface area (Å²) >= 11 is 0. The number of para-hydroxylation sites is 1. The van der Waals surface area contributed by atoms with Crippen LogP contribution in [0.2, 0.25) is 0 Å². The molecular formula is C19H22N4O2. The van der Waals surface area contributed by atoms with Crippen LogP contribution in [0.4, 0.5) is 5.69 Å². The summed E-state index contributed by atoms with van der Waals surface area (Å²) in [4.78, 5) is 16.9. The van der Waals surface area contributed by atoms with Gasteiger partial charge in [0.2, 0.25) is 11.8 Å². The van der Waals surface area contributed by atoms with E-state index in [1.807, 2.05) is 51.2 Å². The predicted octanol–water partition coefficient (Wildman–Crippen LogP) is 3.17. The normalized spacial score (nSPS) is 10.9. The number of fused-ring (bicyclic) bond motifs is 1. The number of ether oxygens (including phenoxy) is 1. The van der Waals surface area contributed by atoms with Crippen LogP contribution in [0.3, 0.4) is 0 Å². The van der Waals surface area contributed by atoms with Gasteiger partial charge >= 0.3 is 0 Å². The zero-order valence-electron chi connectivity index (χ0n) is 15.0. The largest absolute Gasteiger partial charge is 0.479 e. The van der Waals surface area contributed by atoms with E-state index in [1.165, 1.54) is 0 Å². The van der Waals surface area contributed by atoms with Crippen molar-refractivity contribution in [3.05, 3.63) is 47.2 Å². The number of aromatic nitrogens is 3. The van der Waals surface area contributed by atoms with Crippen molar-refractivity contribution in [3.63, 3.8) is 0 Å². The highest BCUT2D eigenvalue weighted by molar-refractivity contribution is 5.91. The Morgan fingerprint density at radius 3 is 2.64 bits per heavy atom. The molecule has 2 aromatic heterocycles. The van der Waals surface area contributed by atoms with E-state index in [9.17, 15) is 4.79 Å². The number of rotatable bonds is 5. The number of amides is 1. The Kier molecular flexibility index (Phi) is 4.70. The molecule has 6 nitrogen and oxygen atoms in total. The lowest BCUT2D eigenvalue weighted by molar-refractivity contribution is -0.116. The maximum atomic E-state index is 12.2. The highest BCUT2D eigenvalue weighted by atomic mass is 16.5. The molecule has 6 heteroatoms. The van der Waals surface area contributed by atoms with Crippen molar-refractivity contribution in [2.75, 3.05) is 12.4 Å². The molecule has 25 heavy (non-hydrogen) atoms. The maximum Gasteiger partial charge on any atom is 0.242 e. The molecule has 0 bridgehead atoms. The van der Waals surface area contributed by atoms with Crippen LogP contribution >= 0.6 is 0 Å². The first-order chi connectivity index (χ1) is 12.0. The summed E-state index contributed by atoms with van der Waals surface area (Å²) in [7, 11) is 3.46. The van der Waals surface area contributed by atoms with E-state index < -0.39 is 0 Å². The first-order valence-electron chi connectivity index (χ1n) is 8.23. The monoisotopic (exact) mass is 338 g/mol. The molecular weight excluding hydrogens is 316 g/mol. The van der Waals surface area contributed by atoms with Crippen LogP contribution in [-0.4, -0.2) is 27.8 Å². The third-order valence-corrected chi connectivity index (χ3v) is 4.38. The number of nitrogens with zero attached hydrogens (tertiary/aromatic N) is 3. The van der Waals surface area contributed by atoms with Gasteiger partial charge in [0.05, 0.1) is 12.5 Å². The van der Waals surface area contributed by atoms with Crippen LogP contribution in [0, 0.1) is 13.8 Å². The smallest absolute Gasteiger partial charge is 0.242 e. The molecule has 0 radical (unpaired) electrons. The SMILES string of the molecule is COc1nn(C)c2nc(C)c(CCC(=O)Nc3ccccc3)c(C)c12. The van der Waals surface area contributed by atoms with Crippen LogP contribution in [0.5, 0.6) is 5.88 Å². The van der Waals surface area contributed by atoms with Gasteiger partial charge in [-0.1, -0.05) is 18.2 Å². The second kappa shape index (κ2) is 6.93. The Bertz CT molecular complexity index is 916. The number of hydrogen-bond donors (Lipinski definition) is 1. The molecule has 0 fully saturated rings. The Morgan fingerprint density at radius 2 is 1.96 bits per heavy atom. The van der Waals surface area contributed by atoms with Gasteiger partial charge in [0.1, 0.15) is 0 Å². The van der Waals surface area contributed by atoms with Gasteiger partial charge < -0.3 is 10.1 Å². The van der Waals surface area contributed by atoms with Crippen molar-refractivity contribution in [1.29, 1.82) is 0 Å². The molecule has 3 aromatic rings. The number of aryl methyl sites for hydroxylation is 3. The van der Waals surface area contributed by atoms with Crippen LogP contribution in [-0.2, 0) is 18.3 Å². The molecule has 0 aliphatic rings. The summed E-state index contributed by atoms with van der Waals surface area (Å²) in [6.07, 6.45) is 1.02. The number of carbonyl (C=O) groups is 1. The van der Waals surface area contributed by atoms with Crippen molar-refractivity contribution in [3.8, 4) is 5.88 Å². The van der Waals surface area contributed by atoms with Crippen molar-refractivity contribution < 1.29 is 9.53 Å². The number of nitrogens with one attached hydrogen (secondary N) is 1. The minimum atomic E-state index is -0.0109. The Morgan fingerprint density at radius 1 is 1.24 bits per heavy atom. The summed E-state index contributed by atoms with van der Waals surface area (Å²) in [6.45, 7) is 4.00. The lowest BCUT2D eigenvalue weighted by atomic mass is 10.00. The number of carbonyl (C=O) groups excluding carboxylic acids is 1. The molecule has 2 heterocycles. The molecule has 0 unspecified atom stereocenters. The molecule has 0 saturated heterocycles. The van der Waals surface area contributed by atoms with E-state index in [-0.39, 0.29) is 5.91 Å². The number of pyridine rings is 1. The third-order valence-electron chi connectivity index (χ3n) is 4.38. The number of methoxy groups -OCH3 is 1. The molecule has 0 spiro atoms. The van der Waals surface area contributed by atoms with Crippen LogP contribution in [0.25, 0.3) is 11.0 Å². The lowest BCUT2D eigenvalue weighted by Gasteiger charge is -2.11. The fourth-order valence-electron chi connectivity index (χ4n) is 3.09. The molecule has 130 valence electrons. The predicted molar refractivity (Wildman–Crippen MR) is 97.9 cm³/mol. The molecule has 3 rings (SSSR count). The van der Waals surface area contributed by atoms with Gasteiger partial charge in [-0.05, 0) is 43.5 Å². The summed E-state index contributed by atoms with van der Waals surface area (Å²) in [5.74, 6) is 0.556. The van der Waals surface area contributed by atoms with Gasteiger partial charge in [-0.25, -0.2) is 9.67 Å². The zero-order chi connectivity index (χ0) is 18.0. The zero-order valence-corrected chi connectivity index (χ0v) is 15.0. The molecule has 0 saturated carbocycles. The van der Waals surface area contributed by atoms with Crippen molar-refractivity contribution in [2.24, 2.45) is 7.05 Å². The topological polar surface area (TPSA) is 69.0 Å². The average molecular weight is 338 g/mol. The molecule has 1 aromatic carbocycles. The van der Waals surface area contributed by atoms with Crippen LogP contribution in [0.1, 0.15) is 23.2 Å². The number of anilines is 1. The van der Waals surface area contributed by atoms with E-state index in [0.29, 0.717) is 18.7 Å². The summed E-state index contributed by atoms with van der Waals surface area (Å²) in [5, 5.41) is 8.18. The quantitative estimate of drug-likeness (QED) is 0.776. The van der Waals surface area contributed by atoms with Gasteiger partial charge in [-0.15, -0.1) is 5.10 Å². The first kappa shape index (κ1) is 17.0. The van der Waals surface area contributed by atoms with E-state index >= 15 is 0 Å². The minimum Gasteiger partial charge on any atom is -0.479 e. The van der Waals surface area contributed by atoms with E-state index in [1.54, 1.807) is 11.8 Å². The Balaban J connectivity index is 1.82. The number of benzene rings is 1. The van der Waals surface area contributed by atoms with Gasteiger partial charge in [0.25, 0.3) is 0 Å². The average Bonchev–Trinajstić information content (AvgIpc) is 2.91. The van der Waals surface area contributed by atoms with Gasteiger partial charge in [0, 0.05) is 24.8 Å². The van der Waals surface area contributed by atoms with Gasteiger partial charge in [0.15, 0.2) is 5.65 Å². The third kappa shape index (κ3) is 3.33. The number of hydrogen-bond acceptors (Lipinski definition) is 4. The maximum absolute atomic E-state index is 12.2. The first-order valence-corrected chi connectivity index (χ1v) is 8.23. The second-order valence-electron chi connectivity index (χ2n) is 6.05. The highest BCUT2D eigenvalue weighted by Crippen LogP contribution is 2.30. The van der Waals surface area contributed by atoms with Gasteiger partial charge in [-0.2, -0.15) is 0 Å². The van der Waals surface area contributed by atoms with Gasteiger partial charge in [-0.3, -0.25) is 4.79 Å². The van der Waals surface area contributed by atoms with E-state index in [0.717, 1.165) is 33.5 Å². The van der Waals surface area contributed by atoms with Crippen molar-refractivity contribution >= 4 is 22.6 Å². The Hall–Kier alpha value is -2.89. The molecule has 0 atom stereocenters. The summed E-state index contributed by atoms with van der Waals surface area (Å²) in [6, 6.07) is 9.47. The lowest BCUT2D eigenvalue weighted by Crippen LogP contribution is -2.13. The minimum absolute atomic E-state index is 0.0109. The van der Waals surface area contributed by atoms with E-state index in [2.05, 4.69) is 15.4 Å². The fraction of sp³-hybridized carbons (Fsp3) is 0.316. The van der Waals surface area contributed by atoms with E-state index in [4.69, 9.17) is 4.74 Å². The highest BCUT2D eigenvalue weighted by Gasteiger charge is 2.18. The van der Waals surface area contributed by atoms with Crippen molar-refractivity contribution in [2.45, 2.75) is 26.7 Å². The standard InChI is InChI=1S/C19H22N4O2/c1-12-15(10-11-16(24)21-14-8-6-5-7-9-14)13(2)20-18-17(12)19(25-4)22-23(18)3/h5-9H,10-11H2,1-4H3,(H,21,24). The molecule has 0 aliphatic carbocycles. The molecule has 0 aliphatic heterocycles. The van der Waals surface area contributed by atoms with Crippen LogP contribution in [0.15, 0.2) is 30.3 Å². The molecule has 1 amide bonds. The Labute approximate surface area is 146 Å². The molecule has 1 N–H and O–H groups in total. The summed E-state index contributed by atoms with van der Waals surface area (Å²) in [5.41, 5.74) is 4.66. The second-order valence-corrected chi connectivity index (χ2v) is 6.05.